The van der Waals surface area contributed by atoms with E-state index in [9.17, 15) is 9.59 Å². The van der Waals surface area contributed by atoms with Crippen molar-refractivity contribution < 1.29 is 14.3 Å². The highest BCUT2D eigenvalue weighted by Gasteiger charge is 1.95. The number of carbonyl (C=O) groups is 2. The van der Waals surface area contributed by atoms with Gasteiger partial charge in [-0.05, 0) is 17.7 Å². The zero-order chi connectivity index (χ0) is 9.52. The van der Waals surface area contributed by atoms with Gasteiger partial charge in [-0.25, -0.2) is 0 Å². The molecule has 3 nitrogen and oxygen atoms in total. The Labute approximate surface area is 76.3 Å². The summed E-state index contributed by atoms with van der Waals surface area (Å²) in [5.41, 5.74) is 0.887. The Morgan fingerprint density at radius 2 is 2.08 bits per heavy atom. The monoisotopic (exact) mass is 178 g/mol. The fourth-order valence-corrected chi connectivity index (χ4v) is 0.989. The molecule has 0 aliphatic heterocycles. The average molecular weight is 178 g/mol. The summed E-state index contributed by atoms with van der Waals surface area (Å²) >= 11 is 0. The summed E-state index contributed by atoms with van der Waals surface area (Å²) in [6.07, 6.45) is 1.89. The first-order chi connectivity index (χ1) is 6.36. The van der Waals surface area contributed by atoms with Crippen LogP contribution in [0.25, 0.3) is 0 Å². The maximum atomic E-state index is 10.2. The van der Waals surface area contributed by atoms with Gasteiger partial charge in [0, 0.05) is 6.42 Å². The minimum Gasteiger partial charge on any atom is -0.486 e. The lowest BCUT2D eigenvalue weighted by atomic mass is 10.2. The number of aldehydes is 2. The molecule has 0 N–H and O–H groups in total. The maximum absolute atomic E-state index is 10.2. The van der Waals surface area contributed by atoms with Crippen molar-refractivity contribution in [2.75, 3.05) is 6.61 Å². The molecule has 0 saturated heterocycles. The summed E-state index contributed by atoms with van der Waals surface area (Å²) in [7, 11) is 0. The zero-order valence-corrected chi connectivity index (χ0v) is 7.10. The number of benzene rings is 1. The molecule has 0 radical (unpaired) electrons. The summed E-state index contributed by atoms with van der Waals surface area (Å²) in [6, 6.07) is 7.12. The van der Waals surface area contributed by atoms with Gasteiger partial charge in [-0.15, -0.1) is 0 Å². The van der Waals surface area contributed by atoms with Gasteiger partial charge in [-0.2, -0.15) is 0 Å². The van der Waals surface area contributed by atoms with Crippen LogP contribution in [0.4, 0.5) is 0 Å². The molecule has 0 fully saturated rings. The van der Waals surface area contributed by atoms with Crippen molar-refractivity contribution in [2.24, 2.45) is 0 Å². The van der Waals surface area contributed by atoms with E-state index in [1.807, 2.05) is 6.07 Å². The molecule has 1 aromatic carbocycles. The molecule has 0 spiro atoms. The van der Waals surface area contributed by atoms with E-state index in [-0.39, 0.29) is 6.61 Å². The van der Waals surface area contributed by atoms with Gasteiger partial charge in [0.1, 0.15) is 18.6 Å². The first-order valence-corrected chi connectivity index (χ1v) is 3.96. The van der Waals surface area contributed by atoms with Crippen LogP contribution in [0.1, 0.15) is 5.56 Å². The Balaban J connectivity index is 2.66. The fourth-order valence-electron chi connectivity index (χ4n) is 0.989. The van der Waals surface area contributed by atoms with Crippen LogP contribution in [0.15, 0.2) is 24.3 Å². The zero-order valence-electron chi connectivity index (χ0n) is 7.10. The van der Waals surface area contributed by atoms with Crippen molar-refractivity contribution in [3.05, 3.63) is 29.8 Å². The minimum atomic E-state index is 0.0462. The highest BCUT2D eigenvalue weighted by molar-refractivity contribution is 5.55. The first-order valence-electron chi connectivity index (χ1n) is 3.96. The van der Waals surface area contributed by atoms with Crippen LogP contribution in [0.3, 0.4) is 0 Å². The number of hydrogen-bond donors (Lipinski definition) is 0. The fraction of sp³-hybridized carbons (Fsp3) is 0.200. The molecule has 13 heavy (non-hydrogen) atoms. The number of ether oxygens (including phenoxy) is 1. The topological polar surface area (TPSA) is 43.4 Å². The molecule has 68 valence electrons. The van der Waals surface area contributed by atoms with Gasteiger partial charge in [0.2, 0.25) is 0 Å². The average Bonchev–Trinajstić information content (AvgIpc) is 2.16. The molecule has 0 saturated carbocycles. The second kappa shape index (κ2) is 5.09. The summed E-state index contributed by atoms with van der Waals surface area (Å²) < 4.78 is 5.06. The van der Waals surface area contributed by atoms with Crippen LogP contribution >= 0.6 is 0 Å². The van der Waals surface area contributed by atoms with E-state index in [0.717, 1.165) is 11.8 Å². The highest BCUT2D eigenvalue weighted by atomic mass is 16.5. The second-order valence-electron chi connectivity index (χ2n) is 2.50. The smallest absolute Gasteiger partial charge is 0.157 e. The Bertz CT molecular complexity index is 294. The quantitative estimate of drug-likeness (QED) is 0.632. The molecule has 0 amide bonds. The van der Waals surface area contributed by atoms with Gasteiger partial charge in [0.15, 0.2) is 6.29 Å². The third-order valence-corrected chi connectivity index (χ3v) is 1.54. The molecular weight excluding hydrogens is 168 g/mol. The van der Waals surface area contributed by atoms with Crippen LogP contribution in [0, 0.1) is 0 Å². The minimum absolute atomic E-state index is 0.0462. The van der Waals surface area contributed by atoms with E-state index in [2.05, 4.69) is 0 Å². The number of hydrogen-bond acceptors (Lipinski definition) is 3. The summed E-state index contributed by atoms with van der Waals surface area (Å²) in [5.74, 6) is 0.617. The molecule has 1 aromatic rings. The lowest BCUT2D eigenvalue weighted by Crippen LogP contribution is -1.98. The molecule has 3 heteroatoms. The Morgan fingerprint density at radius 3 is 2.77 bits per heavy atom. The largest absolute Gasteiger partial charge is 0.486 e. The molecule has 1 rings (SSSR count). The van der Waals surface area contributed by atoms with Gasteiger partial charge in [-0.1, -0.05) is 12.1 Å². The van der Waals surface area contributed by atoms with Gasteiger partial charge in [0.05, 0.1) is 0 Å². The Morgan fingerprint density at radius 1 is 1.23 bits per heavy atom. The first kappa shape index (κ1) is 9.45. The van der Waals surface area contributed by atoms with E-state index in [4.69, 9.17) is 4.74 Å². The number of carbonyl (C=O) groups excluding carboxylic acids is 2. The molecule has 0 atom stereocenters. The van der Waals surface area contributed by atoms with E-state index >= 15 is 0 Å². The predicted octanol–water partition coefficient (Wildman–Crippen LogP) is 1.01. The van der Waals surface area contributed by atoms with E-state index in [1.54, 1.807) is 18.2 Å². The lowest BCUT2D eigenvalue weighted by molar-refractivity contribution is -0.109. The molecule has 0 aliphatic rings. The Kier molecular flexibility index (Phi) is 3.70. The van der Waals surface area contributed by atoms with Crippen molar-refractivity contribution >= 4 is 12.6 Å². The van der Waals surface area contributed by atoms with Gasteiger partial charge in [-0.3, -0.25) is 4.79 Å². The Hall–Kier alpha value is -1.64. The SMILES string of the molecule is O=CCOc1cccc(CC=O)c1. The van der Waals surface area contributed by atoms with Crippen molar-refractivity contribution in [1.82, 2.24) is 0 Å². The molecule has 0 heterocycles. The van der Waals surface area contributed by atoms with Crippen molar-refractivity contribution in [1.29, 1.82) is 0 Å². The van der Waals surface area contributed by atoms with Crippen LogP contribution in [0.5, 0.6) is 5.75 Å². The standard InChI is InChI=1S/C10H10O3/c11-5-4-9-2-1-3-10(8-9)13-7-6-12/h1-3,5-6,8H,4,7H2. The van der Waals surface area contributed by atoms with E-state index in [1.165, 1.54) is 0 Å². The second-order valence-corrected chi connectivity index (χ2v) is 2.50. The van der Waals surface area contributed by atoms with E-state index in [0.29, 0.717) is 18.5 Å². The lowest BCUT2D eigenvalue weighted by Gasteiger charge is -2.02. The molecule has 0 aliphatic carbocycles. The predicted molar refractivity (Wildman–Crippen MR) is 47.8 cm³/mol. The normalized spacial score (nSPS) is 9.23. The van der Waals surface area contributed by atoms with Gasteiger partial charge < -0.3 is 9.53 Å². The van der Waals surface area contributed by atoms with Crippen LogP contribution in [-0.4, -0.2) is 19.2 Å². The van der Waals surface area contributed by atoms with Crippen LogP contribution < -0.4 is 4.74 Å². The number of rotatable bonds is 5. The molecule has 0 bridgehead atoms. The summed E-state index contributed by atoms with van der Waals surface area (Å²) in [5, 5.41) is 0. The molecule has 0 unspecified atom stereocenters. The van der Waals surface area contributed by atoms with Crippen molar-refractivity contribution in [3.63, 3.8) is 0 Å². The van der Waals surface area contributed by atoms with Crippen molar-refractivity contribution in [2.45, 2.75) is 6.42 Å². The highest BCUT2D eigenvalue weighted by Crippen LogP contribution is 2.12. The van der Waals surface area contributed by atoms with Gasteiger partial charge >= 0.3 is 0 Å². The molecular formula is C10H10O3. The van der Waals surface area contributed by atoms with Gasteiger partial charge in [0.25, 0.3) is 0 Å². The van der Waals surface area contributed by atoms with Crippen molar-refractivity contribution in [3.8, 4) is 5.75 Å². The van der Waals surface area contributed by atoms with Crippen LogP contribution in [-0.2, 0) is 16.0 Å². The maximum Gasteiger partial charge on any atom is 0.157 e. The van der Waals surface area contributed by atoms with Crippen LogP contribution in [0.2, 0.25) is 0 Å². The summed E-state index contributed by atoms with van der Waals surface area (Å²) in [6.45, 7) is 0.0462. The third-order valence-electron chi connectivity index (χ3n) is 1.54. The summed E-state index contributed by atoms with van der Waals surface area (Å²) in [4.78, 5) is 20.2. The molecule has 0 aromatic heterocycles. The third kappa shape index (κ3) is 3.07. The van der Waals surface area contributed by atoms with E-state index < -0.39 is 0 Å².